The highest BCUT2D eigenvalue weighted by Crippen LogP contribution is 2.30. The van der Waals surface area contributed by atoms with Crippen molar-refractivity contribution in [1.82, 2.24) is 14.8 Å². The molecule has 25 heavy (non-hydrogen) atoms. The van der Waals surface area contributed by atoms with E-state index in [0.717, 1.165) is 42.4 Å². The Morgan fingerprint density at radius 1 is 1.12 bits per heavy atom. The number of likely N-dealkylation sites (tertiary alicyclic amines) is 2. The predicted octanol–water partition coefficient (Wildman–Crippen LogP) is 3.25. The van der Waals surface area contributed by atoms with Gasteiger partial charge in [0.05, 0.1) is 11.9 Å². The van der Waals surface area contributed by atoms with Crippen LogP contribution in [-0.2, 0) is 11.2 Å². The monoisotopic (exact) mass is 337 g/mol. The fourth-order valence-electron chi connectivity index (χ4n) is 4.76. The molecule has 2 aliphatic heterocycles. The van der Waals surface area contributed by atoms with Crippen LogP contribution in [0.2, 0.25) is 0 Å². The van der Waals surface area contributed by atoms with E-state index in [2.05, 4.69) is 33.8 Å². The smallest absolute Gasteiger partial charge is 0.227 e. The number of benzene rings is 1. The van der Waals surface area contributed by atoms with Gasteiger partial charge in [-0.15, -0.1) is 0 Å². The minimum absolute atomic E-state index is 0.267. The van der Waals surface area contributed by atoms with E-state index < -0.39 is 0 Å². The van der Waals surface area contributed by atoms with Crippen LogP contribution in [0.3, 0.4) is 0 Å². The predicted molar refractivity (Wildman–Crippen MR) is 100 cm³/mol. The first-order valence-corrected chi connectivity index (χ1v) is 9.64. The SMILES string of the molecule is CCN1CCC[C@H]1[C@@H]1CCCN1C(=O)Cc1cccc2cccnc12. The molecular weight excluding hydrogens is 310 g/mol. The standard InChI is InChI=1S/C21H27N3O/c1-2-23-13-5-10-18(23)19-11-6-14-24(19)20(25)15-17-8-3-7-16-9-4-12-22-21(16)17/h3-4,7-9,12,18-19H,2,5-6,10-11,13-15H2,1H3/t18-,19-/m0/s1. The third-order valence-corrected chi connectivity index (χ3v) is 5.94. The van der Waals surface area contributed by atoms with Crippen LogP contribution >= 0.6 is 0 Å². The lowest BCUT2D eigenvalue weighted by atomic mass is 10.0. The summed E-state index contributed by atoms with van der Waals surface area (Å²) in [4.78, 5) is 22.3. The molecule has 2 fully saturated rings. The Kier molecular flexibility index (Phi) is 4.71. The second-order valence-electron chi connectivity index (χ2n) is 7.30. The van der Waals surface area contributed by atoms with Crippen LogP contribution in [0.15, 0.2) is 36.5 Å². The Bertz CT molecular complexity index is 754. The van der Waals surface area contributed by atoms with Crippen molar-refractivity contribution in [3.8, 4) is 0 Å². The largest absolute Gasteiger partial charge is 0.338 e. The molecule has 3 heterocycles. The average Bonchev–Trinajstić information content (AvgIpc) is 3.30. The van der Waals surface area contributed by atoms with Crippen molar-refractivity contribution in [2.45, 2.75) is 51.1 Å². The number of rotatable bonds is 4. The van der Waals surface area contributed by atoms with Crippen LogP contribution in [0, 0.1) is 0 Å². The van der Waals surface area contributed by atoms with Gasteiger partial charge in [0.25, 0.3) is 0 Å². The van der Waals surface area contributed by atoms with E-state index in [1.54, 1.807) is 0 Å². The van der Waals surface area contributed by atoms with Crippen LogP contribution in [0.5, 0.6) is 0 Å². The number of aromatic nitrogens is 1. The highest BCUT2D eigenvalue weighted by atomic mass is 16.2. The quantitative estimate of drug-likeness (QED) is 0.859. The van der Waals surface area contributed by atoms with E-state index in [1.165, 1.54) is 19.4 Å². The zero-order valence-electron chi connectivity index (χ0n) is 15.0. The average molecular weight is 337 g/mol. The maximum atomic E-state index is 13.1. The van der Waals surface area contributed by atoms with Crippen molar-refractivity contribution in [2.75, 3.05) is 19.6 Å². The van der Waals surface area contributed by atoms with E-state index in [1.807, 2.05) is 24.4 Å². The molecule has 0 spiro atoms. The number of likely N-dealkylation sites (N-methyl/N-ethyl adjacent to an activating group) is 1. The number of carbonyl (C=O) groups excluding carboxylic acids is 1. The van der Waals surface area contributed by atoms with Crippen molar-refractivity contribution in [1.29, 1.82) is 0 Å². The van der Waals surface area contributed by atoms with Crippen LogP contribution in [-0.4, -0.2) is 52.4 Å². The molecule has 0 bridgehead atoms. The summed E-state index contributed by atoms with van der Waals surface area (Å²) in [5.74, 6) is 0.267. The molecule has 2 aliphatic rings. The molecule has 2 aromatic rings. The molecule has 4 rings (SSSR count). The van der Waals surface area contributed by atoms with Gasteiger partial charge in [-0.05, 0) is 50.4 Å². The molecule has 1 aromatic heterocycles. The molecule has 0 radical (unpaired) electrons. The second kappa shape index (κ2) is 7.12. The van der Waals surface area contributed by atoms with Crippen molar-refractivity contribution in [3.63, 3.8) is 0 Å². The Balaban J connectivity index is 1.53. The van der Waals surface area contributed by atoms with Gasteiger partial charge in [0.1, 0.15) is 0 Å². The molecule has 132 valence electrons. The molecule has 0 saturated carbocycles. The van der Waals surface area contributed by atoms with E-state index in [-0.39, 0.29) is 5.91 Å². The topological polar surface area (TPSA) is 36.4 Å². The van der Waals surface area contributed by atoms with E-state index in [9.17, 15) is 4.79 Å². The highest BCUT2D eigenvalue weighted by molar-refractivity contribution is 5.87. The normalized spacial score (nSPS) is 24.3. The molecule has 2 saturated heterocycles. The maximum absolute atomic E-state index is 13.1. The van der Waals surface area contributed by atoms with Gasteiger partial charge in [-0.2, -0.15) is 0 Å². The molecule has 4 nitrogen and oxygen atoms in total. The van der Waals surface area contributed by atoms with Gasteiger partial charge in [-0.1, -0.05) is 31.2 Å². The van der Waals surface area contributed by atoms with Crippen molar-refractivity contribution in [3.05, 3.63) is 42.1 Å². The molecule has 0 unspecified atom stereocenters. The summed E-state index contributed by atoms with van der Waals surface area (Å²) in [6, 6.07) is 11.1. The molecule has 4 heteroatoms. The first-order valence-electron chi connectivity index (χ1n) is 9.64. The first-order chi connectivity index (χ1) is 12.3. The van der Waals surface area contributed by atoms with Gasteiger partial charge in [0.15, 0.2) is 0 Å². The summed E-state index contributed by atoms with van der Waals surface area (Å²) in [6.07, 6.45) is 7.07. The minimum atomic E-state index is 0.267. The van der Waals surface area contributed by atoms with Gasteiger partial charge in [0.2, 0.25) is 5.91 Å². The maximum Gasteiger partial charge on any atom is 0.227 e. The first kappa shape index (κ1) is 16.5. The molecule has 1 amide bonds. The Labute approximate surface area is 149 Å². The van der Waals surface area contributed by atoms with Gasteiger partial charge in [-0.3, -0.25) is 14.7 Å². The summed E-state index contributed by atoms with van der Waals surface area (Å²) in [5, 5.41) is 1.11. The molecule has 1 aromatic carbocycles. The second-order valence-corrected chi connectivity index (χ2v) is 7.30. The van der Waals surface area contributed by atoms with E-state index in [0.29, 0.717) is 18.5 Å². The van der Waals surface area contributed by atoms with Crippen molar-refractivity contribution >= 4 is 16.8 Å². The number of hydrogen-bond acceptors (Lipinski definition) is 3. The van der Waals surface area contributed by atoms with Crippen LogP contribution in [0.4, 0.5) is 0 Å². The van der Waals surface area contributed by atoms with E-state index >= 15 is 0 Å². The summed E-state index contributed by atoms with van der Waals surface area (Å²) < 4.78 is 0. The summed E-state index contributed by atoms with van der Waals surface area (Å²) in [5.41, 5.74) is 2.01. The summed E-state index contributed by atoms with van der Waals surface area (Å²) in [7, 11) is 0. The Morgan fingerprint density at radius 3 is 2.80 bits per heavy atom. The fourth-order valence-corrected chi connectivity index (χ4v) is 4.76. The Hall–Kier alpha value is -1.94. The van der Waals surface area contributed by atoms with Crippen molar-refractivity contribution in [2.24, 2.45) is 0 Å². The van der Waals surface area contributed by atoms with E-state index in [4.69, 9.17) is 0 Å². The number of amides is 1. The number of nitrogens with zero attached hydrogens (tertiary/aromatic N) is 3. The molecule has 0 aliphatic carbocycles. The number of para-hydroxylation sites is 1. The number of hydrogen-bond donors (Lipinski definition) is 0. The number of carbonyl (C=O) groups is 1. The lowest BCUT2D eigenvalue weighted by molar-refractivity contribution is -0.132. The third kappa shape index (κ3) is 3.15. The minimum Gasteiger partial charge on any atom is -0.338 e. The molecule has 2 atom stereocenters. The Morgan fingerprint density at radius 2 is 1.92 bits per heavy atom. The van der Waals surface area contributed by atoms with Gasteiger partial charge >= 0.3 is 0 Å². The number of pyridine rings is 1. The zero-order valence-corrected chi connectivity index (χ0v) is 15.0. The van der Waals surface area contributed by atoms with Gasteiger partial charge < -0.3 is 4.90 Å². The number of fused-ring (bicyclic) bond motifs is 1. The lowest BCUT2D eigenvalue weighted by Crippen LogP contribution is -2.48. The zero-order chi connectivity index (χ0) is 17.2. The summed E-state index contributed by atoms with van der Waals surface area (Å²) >= 11 is 0. The van der Waals surface area contributed by atoms with Gasteiger partial charge in [0, 0.05) is 30.2 Å². The van der Waals surface area contributed by atoms with Crippen LogP contribution in [0.1, 0.15) is 38.2 Å². The lowest BCUT2D eigenvalue weighted by Gasteiger charge is -2.34. The van der Waals surface area contributed by atoms with Crippen LogP contribution in [0.25, 0.3) is 10.9 Å². The third-order valence-electron chi connectivity index (χ3n) is 5.94. The van der Waals surface area contributed by atoms with Crippen LogP contribution < -0.4 is 0 Å². The summed E-state index contributed by atoms with van der Waals surface area (Å²) in [6.45, 7) is 5.43. The van der Waals surface area contributed by atoms with Crippen molar-refractivity contribution < 1.29 is 4.79 Å². The van der Waals surface area contributed by atoms with Gasteiger partial charge in [-0.25, -0.2) is 0 Å². The highest BCUT2D eigenvalue weighted by Gasteiger charge is 2.38. The molecule has 0 N–H and O–H groups in total. The fraction of sp³-hybridized carbons (Fsp3) is 0.524. The molecular formula is C21H27N3O.